The van der Waals surface area contributed by atoms with Crippen molar-refractivity contribution in [3.63, 3.8) is 0 Å². The van der Waals surface area contributed by atoms with Gasteiger partial charge in [-0.3, -0.25) is 29.4 Å². The monoisotopic (exact) mass is 667 g/mol. The molecule has 10 nitrogen and oxygen atoms in total. The van der Waals surface area contributed by atoms with Crippen molar-refractivity contribution in [3.05, 3.63) is 98.0 Å². The summed E-state index contributed by atoms with van der Waals surface area (Å²) < 4.78 is 6.11. The van der Waals surface area contributed by atoms with Gasteiger partial charge < -0.3 is 4.74 Å². The molecule has 3 aliphatic rings. The van der Waals surface area contributed by atoms with Gasteiger partial charge >= 0.3 is 5.97 Å². The number of esters is 1. The fourth-order valence-corrected chi connectivity index (χ4v) is 7.59. The second-order valence-electron chi connectivity index (χ2n) is 11.9. The first-order valence-corrected chi connectivity index (χ1v) is 15.4. The van der Waals surface area contributed by atoms with Crippen LogP contribution in [0.25, 0.3) is 22.2 Å². The maximum Gasteiger partial charge on any atom is 0.339 e. The molecule has 0 radical (unpaired) electrons. The van der Waals surface area contributed by atoms with Crippen LogP contribution in [0.1, 0.15) is 45.5 Å². The Morgan fingerprint density at radius 1 is 0.978 bits per heavy atom. The van der Waals surface area contributed by atoms with Crippen LogP contribution in [0.2, 0.25) is 0 Å². The first-order chi connectivity index (χ1) is 21.6. The summed E-state index contributed by atoms with van der Waals surface area (Å²) in [5.41, 5.74) is 2.60. The van der Waals surface area contributed by atoms with Crippen LogP contribution in [0.15, 0.2) is 71.2 Å². The van der Waals surface area contributed by atoms with Gasteiger partial charge in [-0.25, -0.2) is 9.78 Å². The van der Waals surface area contributed by atoms with Gasteiger partial charge in [0.25, 0.3) is 5.69 Å². The number of benzene rings is 3. The molecule has 2 aliphatic carbocycles. The zero-order valence-corrected chi connectivity index (χ0v) is 25.7. The number of anilines is 1. The summed E-state index contributed by atoms with van der Waals surface area (Å²) in [6.45, 7) is 0.964. The molecule has 4 unspecified atom stereocenters. The van der Waals surface area contributed by atoms with Gasteiger partial charge in [-0.2, -0.15) is 0 Å². The van der Waals surface area contributed by atoms with Crippen LogP contribution in [-0.2, 0) is 14.3 Å². The Morgan fingerprint density at radius 3 is 2.33 bits per heavy atom. The average Bonchev–Trinajstić information content (AvgIpc) is 3.72. The van der Waals surface area contributed by atoms with Crippen molar-refractivity contribution in [1.82, 2.24) is 4.98 Å². The van der Waals surface area contributed by atoms with E-state index < -0.39 is 23.3 Å². The molecule has 4 aromatic rings. The quantitative estimate of drug-likeness (QED) is 0.0720. The lowest BCUT2D eigenvalue weighted by Gasteiger charge is -2.19. The highest BCUT2D eigenvalue weighted by Crippen LogP contribution is 2.56. The maximum absolute atomic E-state index is 13.4. The van der Waals surface area contributed by atoms with Crippen LogP contribution < -0.4 is 4.90 Å². The van der Waals surface area contributed by atoms with E-state index in [1.807, 2.05) is 0 Å². The normalized spacial score (nSPS) is 21.8. The predicted octanol–water partition coefficient (Wildman–Crippen LogP) is 6.46. The summed E-state index contributed by atoms with van der Waals surface area (Å²) in [4.78, 5) is 69.5. The lowest BCUT2D eigenvalue weighted by molar-refractivity contribution is -0.385. The van der Waals surface area contributed by atoms with Crippen LogP contribution in [-0.4, -0.2) is 40.1 Å². The number of nitro groups is 1. The minimum Gasteiger partial charge on any atom is -0.454 e. The van der Waals surface area contributed by atoms with E-state index in [0.29, 0.717) is 49.7 Å². The van der Waals surface area contributed by atoms with Crippen molar-refractivity contribution in [2.75, 3.05) is 11.5 Å². The number of rotatable bonds is 7. The third-order valence-corrected chi connectivity index (χ3v) is 9.89. The van der Waals surface area contributed by atoms with Gasteiger partial charge in [0, 0.05) is 32.6 Å². The van der Waals surface area contributed by atoms with Gasteiger partial charge in [0.1, 0.15) is 0 Å². The minimum absolute atomic E-state index is 0.0643. The Bertz CT molecular complexity index is 1930. The van der Waals surface area contributed by atoms with Crippen LogP contribution in [0, 0.1) is 40.7 Å². The molecule has 2 bridgehead atoms. The number of carbonyl (C=O) groups excluding carboxylic acids is 4. The van der Waals surface area contributed by atoms with Gasteiger partial charge in [0.15, 0.2) is 6.61 Å². The first kappa shape index (κ1) is 29.0. The second-order valence-corrected chi connectivity index (χ2v) is 12.8. The highest BCUT2D eigenvalue weighted by molar-refractivity contribution is 9.10. The van der Waals surface area contributed by atoms with Gasteiger partial charge in [-0.1, -0.05) is 40.2 Å². The fourth-order valence-electron chi connectivity index (χ4n) is 7.23. The number of aryl methyl sites for hydroxylation is 1. The number of hydrogen-bond acceptors (Lipinski definition) is 8. The van der Waals surface area contributed by atoms with Crippen molar-refractivity contribution in [3.8, 4) is 11.3 Å². The molecule has 226 valence electrons. The van der Waals surface area contributed by atoms with Crippen molar-refractivity contribution < 1.29 is 28.8 Å². The Hall–Kier alpha value is -4.77. The molecule has 7 rings (SSSR count). The van der Waals surface area contributed by atoms with Crippen LogP contribution >= 0.6 is 15.9 Å². The van der Waals surface area contributed by atoms with E-state index in [0.717, 1.165) is 19.3 Å². The van der Waals surface area contributed by atoms with Crippen LogP contribution in [0.5, 0.6) is 0 Å². The van der Waals surface area contributed by atoms with E-state index in [-0.39, 0.29) is 40.5 Å². The molecule has 45 heavy (non-hydrogen) atoms. The molecule has 0 N–H and O–H groups in total. The molecule has 2 amide bonds. The summed E-state index contributed by atoms with van der Waals surface area (Å²) in [6, 6.07) is 17.9. The number of nitrogens with zero attached hydrogens (tertiary/aromatic N) is 3. The number of ketones is 1. The van der Waals surface area contributed by atoms with E-state index >= 15 is 0 Å². The molecule has 2 heterocycles. The third-order valence-electron chi connectivity index (χ3n) is 9.40. The van der Waals surface area contributed by atoms with E-state index in [9.17, 15) is 29.3 Å². The second kappa shape index (κ2) is 11.0. The molecule has 1 aromatic heterocycles. The summed E-state index contributed by atoms with van der Waals surface area (Å²) in [6.07, 6.45) is 2.99. The standard InChI is InChI=1S/C34H26BrN3O7/c1-17-2-3-19(13-28(17)38(43)44)29(39)16-45-34(42)25-15-27(36-26-11-8-22(35)14-24(25)26)18-6-9-23(10-7-18)37-32(40)30-20-4-5-21(12-20)31(30)33(37)41/h2-3,6-11,13-15,20-21,30-31H,4-5,12,16H2,1H3. The molecule has 1 saturated heterocycles. The Labute approximate surface area is 265 Å². The third kappa shape index (κ3) is 4.91. The molecule has 2 saturated carbocycles. The van der Waals surface area contributed by atoms with Crippen molar-refractivity contribution in [2.45, 2.75) is 26.2 Å². The van der Waals surface area contributed by atoms with Crippen molar-refractivity contribution >= 4 is 61.8 Å². The zero-order chi connectivity index (χ0) is 31.6. The Balaban J connectivity index is 1.15. The molecular weight excluding hydrogens is 642 g/mol. The largest absolute Gasteiger partial charge is 0.454 e. The average molecular weight is 669 g/mol. The number of hydrogen-bond donors (Lipinski definition) is 0. The number of imide groups is 1. The van der Waals surface area contributed by atoms with E-state index in [2.05, 4.69) is 15.9 Å². The van der Waals surface area contributed by atoms with Gasteiger partial charge in [-0.15, -0.1) is 0 Å². The smallest absolute Gasteiger partial charge is 0.339 e. The molecular formula is C34H26BrN3O7. The number of Topliss-reactive ketones (excluding diaryl/α,β-unsaturated/α-hetero) is 1. The Morgan fingerprint density at radius 2 is 1.67 bits per heavy atom. The molecule has 3 fully saturated rings. The highest BCUT2D eigenvalue weighted by Gasteiger charge is 2.61. The number of halogens is 1. The lowest BCUT2D eigenvalue weighted by Crippen LogP contribution is -2.32. The van der Waals surface area contributed by atoms with E-state index in [4.69, 9.17) is 9.72 Å². The number of amides is 2. The highest BCUT2D eigenvalue weighted by atomic mass is 79.9. The molecule has 3 aromatic carbocycles. The lowest BCUT2D eigenvalue weighted by atomic mass is 9.81. The number of nitro benzene ring substituents is 1. The number of ether oxygens (including phenoxy) is 1. The summed E-state index contributed by atoms with van der Waals surface area (Å²) in [7, 11) is 0. The van der Waals surface area contributed by atoms with Crippen molar-refractivity contribution in [2.24, 2.45) is 23.7 Å². The van der Waals surface area contributed by atoms with E-state index in [1.165, 1.54) is 23.1 Å². The van der Waals surface area contributed by atoms with Gasteiger partial charge in [0.2, 0.25) is 17.6 Å². The number of fused-ring (bicyclic) bond motifs is 6. The summed E-state index contributed by atoms with van der Waals surface area (Å²) >= 11 is 3.43. The minimum atomic E-state index is -0.761. The molecule has 1 aliphatic heterocycles. The Kier molecular flexibility index (Phi) is 7.07. The SMILES string of the molecule is Cc1ccc(C(=O)COC(=O)c2cc(-c3ccc(N4C(=O)C5C6CCC(C6)C5C4=O)cc3)nc3ccc(Br)cc23)cc1[N+](=O)[O-]. The zero-order valence-electron chi connectivity index (χ0n) is 24.1. The van der Waals surface area contributed by atoms with Gasteiger partial charge in [-0.05, 0) is 74.4 Å². The fraction of sp³-hybridized carbons (Fsp3) is 0.265. The maximum atomic E-state index is 13.4. The van der Waals surface area contributed by atoms with Crippen molar-refractivity contribution in [1.29, 1.82) is 0 Å². The number of pyridine rings is 1. The molecule has 4 atom stereocenters. The number of aromatic nitrogens is 1. The summed E-state index contributed by atoms with van der Waals surface area (Å²) in [5, 5.41) is 11.8. The van der Waals surface area contributed by atoms with Crippen LogP contribution in [0.4, 0.5) is 11.4 Å². The molecule has 0 spiro atoms. The van der Waals surface area contributed by atoms with Crippen LogP contribution in [0.3, 0.4) is 0 Å². The van der Waals surface area contributed by atoms with E-state index in [1.54, 1.807) is 55.5 Å². The number of carbonyl (C=O) groups is 4. The van der Waals surface area contributed by atoms with Gasteiger partial charge in [0.05, 0.1) is 39.2 Å². The predicted molar refractivity (Wildman–Crippen MR) is 168 cm³/mol. The molecule has 11 heteroatoms. The summed E-state index contributed by atoms with van der Waals surface area (Å²) in [5.74, 6) is -1.39. The first-order valence-electron chi connectivity index (χ1n) is 14.6. The topological polar surface area (TPSA) is 137 Å².